The standard InChI is InChI=1S/C26H31N7OS/c1-19-4-3-5-20(16-19)22-6-7-33(29-22)26-27-23-17-21(18-31-10-8-30(2)9-11-31)35-24(23)25(28-26)32-12-14-34-15-13-32/h3-7,16-17H,8-15,18H2,1-2H3. The second kappa shape index (κ2) is 9.66. The molecule has 2 aliphatic heterocycles. The van der Waals surface area contributed by atoms with Gasteiger partial charge >= 0.3 is 0 Å². The third kappa shape index (κ3) is 4.81. The van der Waals surface area contributed by atoms with Crippen molar-refractivity contribution >= 4 is 27.4 Å². The quantitative estimate of drug-likeness (QED) is 0.426. The molecule has 6 rings (SSSR count). The van der Waals surface area contributed by atoms with Crippen LogP contribution in [0.3, 0.4) is 0 Å². The lowest BCUT2D eigenvalue weighted by Gasteiger charge is -2.31. The number of nitrogens with zero attached hydrogens (tertiary/aromatic N) is 7. The summed E-state index contributed by atoms with van der Waals surface area (Å²) >= 11 is 1.83. The van der Waals surface area contributed by atoms with Crippen molar-refractivity contribution in [1.82, 2.24) is 29.5 Å². The van der Waals surface area contributed by atoms with Crippen molar-refractivity contribution in [3.05, 3.63) is 53.0 Å². The molecule has 0 amide bonds. The maximum Gasteiger partial charge on any atom is 0.253 e. The van der Waals surface area contributed by atoms with E-state index in [4.69, 9.17) is 19.8 Å². The highest BCUT2D eigenvalue weighted by molar-refractivity contribution is 7.19. The molecule has 0 radical (unpaired) electrons. The average Bonchev–Trinajstić information content (AvgIpc) is 3.53. The summed E-state index contributed by atoms with van der Waals surface area (Å²) in [5.74, 6) is 1.61. The normalized spacial score (nSPS) is 17.9. The van der Waals surface area contributed by atoms with Crippen molar-refractivity contribution in [1.29, 1.82) is 0 Å². The van der Waals surface area contributed by atoms with Gasteiger partial charge in [-0.1, -0.05) is 23.8 Å². The lowest BCUT2D eigenvalue weighted by atomic mass is 10.1. The van der Waals surface area contributed by atoms with Crippen molar-refractivity contribution in [2.45, 2.75) is 13.5 Å². The van der Waals surface area contributed by atoms with E-state index in [1.54, 1.807) is 4.68 Å². The first-order valence-corrected chi connectivity index (χ1v) is 13.1. The molecule has 0 atom stereocenters. The fourth-order valence-electron chi connectivity index (χ4n) is 4.74. The van der Waals surface area contributed by atoms with Crippen LogP contribution in [-0.2, 0) is 11.3 Å². The van der Waals surface area contributed by atoms with Gasteiger partial charge in [-0.15, -0.1) is 11.3 Å². The number of hydrogen-bond acceptors (Lipinski definition) is 8. The summed E-state index contributed by atoms with van der Waals surface area (Å²) in [4.78, 5) is 18.6. The first-order valence-electron chi connectivity index (χ1n) is 12.3. The number of piperazine rings is 1. The molecular formula is C26H31N7OS. The predicted octanol–water partition coefficient (Wildman–Crippen LogP) is 3.44. The molecule has 1 aromatic carbocycles. The molecule has 182 valence electrons. The fourth-order valence-corrected chi connectivity index (χ4v) is 5.90. The summed E-state index contributed by atoms with van der Waals surface area (Å²) in [6, 6.07) is 12.7. The van der Waals surface area contributed by atoms with Crippen molar-refractivity contribution in [2.75, 3.05) is 64.4 Å². The van der Waals surface area contributed by atoms with Crippen LogP contribution < -0.4 is 4.90 Å². The van der Waals surface area contributed by atoms with Gasteiger partial charge in [-0.25, -0.2) is 9.67 Å². The van der Waals surface area contributed by atoms with Gasteiger partial charge in [-0.3, -0.25) is 4.90 Å². The van der Waals surface area contributed by atoms with Gasteiger partial charge in [0.1, 0.15) is 0 Å². The Labute approximate surface area is 209 Å². The van der Waals surface area contributed by atoms with E-state index in [0.717, 1.165) is 86.3 Å². The predicted molar refractivity (Wildman–Crippen MR) is 141 cm³/mol. The Kier molecular flexibility index (Phi) is 6.24. The maximum atomic E-state index is 5.61. The number of aryl methyl sites for hydroxylation is 1. The van der Waals surface area contributed by atoms with Gasteiger partial charge < -0.3 is 14.5 Å². The van der Waals surface area contributed by atoms with E-state index in [0.29, 0.717) is 5.95 Å². The molecule has 9 heteroatoms. The van der Waals surface area contributed by atoms with Crippen LogP contribution in [0.2, 0.25) is 0 Å². The summed E-state index contributed by atoms with van der Waals surface area (Å²) in [5, 5.41) is 4.83. The van der Waals surface area contributed by atoms with Gasteiger partial charge in [0.2, 0.25) is 0 Å². The number of likely N-dealkylation sites (N-methyl/N-ethyl adjacent to an activating group) is 1. The van der Waals surface area contributed by atoms with Crippen LogP contribution in [0, 0.1) is 6.92 Å². The van der Waals surface area contributed by atoms with Crippen LogP contribution in [0.4, 0.5) is 5.82 Å². The fraction of sp³-hybridized carbons (Fsp3) is 0.423. The van der Waals surface area contributed by atoms with Gasteiger partial charge in [-0.05, 0) is 32.2 Å². The molecule has 0 aliphatic carbocycles. The summed E-state index contributed by atoms with van der Waals surface area (Å²) in [6.45, 7) is 10.6. The zero-order valence-electron chi connectivity index (χ0n) is 20.4. The molecule has 0 saturated carbocycles. The van der Waals surface area contributed by atoms with E-state index in [1.807, 2.05) is 23.6 Å². The van der Waals surface area contributed by atoms with Gasteiger partial charge in [-0.2, -0.15) is 10.1 Å². The molecule has 35 heavy (non-hydrogen) atoms. The number of rotatable bonds is 5. The first-order chi connectivity index (χ1) is 17.1. The molecule has 0 N–H and O–H groups in total. The number of benzene rings is 1. The Morgan fingerprint density at radius 2 is 1.80 bits per heavy atom. The molecule has 0 bridgehead atoms. The van der Waals surface area contributed by atoms with Crippen LogP contribution in [-0.4, -0.2) is 89.1 Å². The second-order valence-corrected chi connectivity index (χ2v) is 10.6. The molecule has 2 fully saturated rings. The topological polar surface area (TPSA) is 62.6 Å². The smallest absolute Gasteiger partial charge is 0.253 e. The van der Waals surface area contributed by atoms with E-state index in [1.165, 1.54) is 10.4 Å². The zero-order valence-corrected chi connectivity index (χ0v) is 21.2. The van der Waals surface area contributed by atoms with Crippen LogP contribution >= 0.6 is 11.3 Å². The van der Waals surface area contributed by atoms with E-state index in [2.05, 4.69) is 59.0 Å². The molecule has 5 heterocycles. The SMILES string of the molecule is Cc1cccc(-c2ccn(-c3nc(N4CCOCC4)c4sc(CN5CCN(C)CC5)cc4n3)n2)c1. The molecule has 0 unspecified atom stereocenters. The minimum atomic E-state index is 0.613. The lowest BCUT2D eigenvalue weighted by Crippen LogP contribution is -2.43. The molecule has 4 aromatic rings. The number of thiophene rings is 1. The van der Waals surface area contributed by atoms with Crippen molar-refractivity contribution in [3.8, 4) is 17.2 Å². The third-order valence-corrected chi connectivity index (χ3v) is 7.89. The summed E-state index contributed by atoms with van der Waals surface area (Å²) in [7, 11) is 2.20. The third-order valence-electron chi connectivity index (χ3n) is 6.79. The monoisotopic (exact) mass is 489 g/mol. The van der Waals surface area contributed by atoms with E-state index in [9.17, 15) is 0 Å². The number of morpholine rings is 1. The molecule has 8 nitrogen and oxygen atoms in total. The Morgan fingerprint density at radius 3 is 2.60 bits per heavy atom. The van der Waals surface area contributed by atoms with Gasteiger partial charge in [0, 0.05) is 62.5 Å². The molecule has 2 aliphatic rings. The van der Waals surface area contributed by atoms with Crippen molar-refractivity contribution in [2.24, 2.45) is 0 Å². The summed E-state index contributed by atoms with van der Waals surface area (Å²) < 4.78 is 8.58. The number of aromatic nitrogens is 4. The Morgan fingerprint density at radius 1 is 0.971 bits per heavy atom. The summed E-state index contributed by atoms with van der Waals surface area (Å²) in [6.07, 6.45) is 1.96. The average molecular weight is 490 g/mol. The van der Waals surface area contributed by atoms with Crippen LogP contribution in [0.25, 0.3) is 27.4 Å². The van der Waals surface area contributed by atoms with E-state index < -0.39 is 0 Å². The minimum absolute atomic E-state index is 0.613. The Balaban J connectivity index is 1.36. The zero-order chi connectivity index (χ0) is 23.8. The highest BCUT2D eigenvalue weighted by Crippen LogP contribution is 2.34. The van der Waals surface area contributed by atoms with Crippen LogP contribution in [0.5, 0.6) is 0 Å². The van der Waals surface area contributed by atoms with Gasteiger partial charge in [0.25, 0.3) is 5.95 Å². The summed E-state index contributed by atoms with van der Waals surface area (Å²) in [5.41, 5.74) is 4.24. The Hall–Kier alpha value is -2.85. The highest BCUT2D eigenvalue weighted by Gasteiger charge is 2.22. The van der Waals surface area contributed by atoms with Crippen LogP contribution in [0.15, 0.2) is 42.6 Å². The first kappa shape index (κ1) is 22.6. The largest absolute Gasteiger partial charge is 0.378 e. The van der Waals surface area contributed by atoms with E-state index in [-0.39, 0.29) is 0 Å². The second-order valence-electron chi connectivity index (χ2n) is 9.47. The number of hydrogen-bond donors (Lipinski definition) is 0. The minimum Gasteiger partial charge on any atom is -0.378 e. The van der Waals surface area contributed by atoms with Crippen molar-refractivity contribution in [3.63, 3.8) is 0 Å². The number of fused-ring (bicyclic) bond motifs is 1. The van der Waals surface area contributed by atoms with Crippen LogP contribution in [0.1, 0.15) is 10.4 Å². The maximum absolute atomic E-state index is 5.61. The number of anilines is 1. The molecule has 3 aromatic heterocycles. The van der Waals surface area contributed by atoms with E-state index >= 15 is 0 Å². The molecule has 2 saturated heterocycles. The molecular weight excluding hydrogens is 458 g/mol. The number of ether oxygens (including phenoxy) is 1. The highest BCUT2D eigenvalue weighted by atomic mass is 32.1. The van der Waals surface area contributed by atoms with Crippen molar-refractivity contribution < 1.29 is 4.74 Å². The lowest BCUT2D eigenvalue weighted by molar-refractivity contribution is 0.122. The van der Waals surface area contributed by atoms with Gasteiger partial charge in [0.15, 0.2) is 5.82 Å². The Bertz CT molecular complexity index is 1320. The molecule has 0 spiro atoms. The van der Waals surface area contributed by atoms with Gasteiger partial charge in [0.05, 0.1) is 29.1 Å².